The Balaban J connectivity index is 2.02. The van der Waals surface area contributed by atoms with Crippen LogP contribution in [0.25, 0.3) is 0 Å². The molecule has 0 radical (unpaired) electrons. The van der Waals surface area contributed by atoms with Crippen LogP contribution in [0.15, 0.2) is 36.9 Å². The molecule has 2 unspecified atom stereocenters. The highest BCUT2D eigenvalue weighted by Gasteiger charge is 2.26. The van der Waals surface area contributed by atoms with E-state index in [9.17, 15) is 0 Å². The number of benzene rings is 1. The van der Waals surface area contributed by atoms with Gasteiger partial charge in [-0.05, 0) is 30.9 Å². The highest BCUT2D eigenvalue weighted by atomic mass is 16.5. The smallest absolute Gasteiger partial charge is 0.122 e. The predicted molar refractivity (Wildman–Crippen MR) is 69.7 cm³/mol. The summed E-state index contributed by atoms with van der Waals surface area (Å²) < 4.78 is 5.78. The monoisotopic (exact) mass is 232 g/mol. The van der Waals surface area contributed by atoms with Crippen LogP contribution >= 0.6 is 0 Å². The zero-order chi connectivity index (χ0) is 12.1. The number of hydrogen-bond acceptors (Lipinski definition) is 3. The number of allylic oxidation sites excluding steroid dienone is 1. The van der Waals surface area contributed by atoms with E-state index in [2.05, 4.69) is 24.1 Å². The Morgan fingerprint density at radius 2 is 2.35 bits per heavy atom. The second-order valence-electron chi connectivity index (χ2n) is 4.52. The maximum Gasteiger partial charge on any atom is 0.122 e. The molecule has 17 heavy (non-hydrogen) atoms. The Morgan fingerprint density at radius 3 is 3.12 bits per heavy atom. The molecule has 1 aliphatic heterocycles. The lowest BCUT2D eigenvalue weighted by molar-refractivity contribution is 0.180. The lowest BCUT2D eigenvalue weighted by Gasteiger charge is -2.31. The fraction of sp³-hybridized carbons (Fsp3) is 0.429. The molecule has 1 aromatic carbocycles. The van der Waals surface area contributed by atoms with Gasteiger partial charge in [0.25, 0.3) is 0 Å². The third-order valence-corrected chi connectivity index (χ3v) is 3.37. The van der Waals surface area contributed by atoms with Gasteiger partial charge < -0.3 is 4.74 Å². The number of rotatable bonds is 5. The van der Waals surface area contributed by atoms with Gasteiger partial charge in [0.15, 0.2) is 0 Å². The average Bonchev–Trinajstić information content (AvgIpc) is 2.39. The Morgan fingerprint density at radius 1 is 1.53 bits per heavy atom. The minimum absolute atomic E-state index is 0.293. The van der Waals surface area contributed by atoms with Crippen LogP contribution in [0.2, 0.25) is 0 Å². The Labute approximate surface area is 103 Å². The first-order chi connectivity index (χ1) is 8.35. The van der Waals surface area contributed by atoms with Gasteiger partial charge >= 0.3 is 0 Å². The molecular weight excluding hydrogens is 212 g/mol. The number of fused-ring (bicyclic) bond motifs is 1. The van der Waals surface area contributed by atoms with Crippen molar-refractivity contribution in [3.8, 4) is 5.75 Å². The summed E-state index contributed by atoms with van der Waals surface area (Å²) >= 11 is 0. The fourth-order valence-electron chi connectivity index (χ4n) is 2.36. The van der Waals surface area contributed by atoms with Crippen molar-refractivity contribution < 1.29 is 4.74 Å². The normalized spacial score (nSPS) is 20.2. The van der Waals surface area contributed by atoms with E-state index in [0.29, 0.717) is 12.0 Å². The molecule has 92 valence electrons. The summed E-state index contributed by atoms with van der Waals surface area (Å²) in [7, 11) is 0. The van der Waals surface area contributed by atoms with E-state index in [1.165, 1.54) is 5.56 Å². The molecular formula is C14H20N2O. The number of hydrazine groups is 1. The summed E-state index contributed by atoms with van der Waals surface area (Å²) in [6, 6.07) is 8.51. The Kier molecular flexibility index (Phi) is 4.18. The van der Waals surface area contributed by atoms with Crippen molar-refractivity contribution in [3.05, 3.63) is 42.5 Å². The van der Waals surface area contributed by atoms with Gasteiger partial charge in [-0.2, -0.15) is 0 Å². The summed E-state index contributed by atoms with van der Waals surface area (Å²) in [5.74, 6) is 7.08. The molecule has 0 aliphatic carbocycles. The van der Waals surface area contributed by atoms with E-state index < -0.39 is 0 Å². The van der Waals surface area contributed by atoms with Crippen molar-refractivity contribution in [2.45, 2.75) is 25.3 Å². The minimum atomic E-state index is 0.293. The number of para-hydroxylation sites is 1. The molecule has 2 rings (SSSR count). The number of nitrogens with two attached hydrogens (primary N) is 1. The van der Waals surface area contributed by atoms with E-state index in [-0.39, 0.29) is 0 Å². The third-order valence-electron chi connectivity index (χ3n) is 3.37. The maximum absolute atomic E-state index is 5.78. The zero-order valence-corrected chi connectivity index (χ0v) is 10.1. The van der Waals surface area contributed by atoms with Crippen LogP contribution in [0.4, 0.5) is 0 Å². The van der Waals surface area contributed by atoms with Crippen molar-refractivity contribution in [1.82, 2.24) is 5.43 Å². The molecule has 2 atom stereocenters. The SMILES string of the molecule is C=CCCC(NN)C1COc2ccccc2C1. The summed E-state index contributed by atoms with van der Waals surface area (Å²) in [6.45, 7) is 4.49. The average molecular weight is 232 g/mol. The molecule has 3 N–H and O–H groups in total. The molecule has 3 nitrogen and oxygen atoms in total. The molecule has 1 aliphatic rings. The van der Waals surface area contributed by atoms with Gasteiger partial charge in [0.05, 0.1) is 6.61 Å². The first kappa shape index (κ1) is 12.1. The zero-order valence-electron chi connectivity index (χ0n) is 10.1. The quantitative estimate of drug-likeness (QED) is 0.464. The highest BCUT2D eigenvalue weighted by Crippen LogP contribution is 2.29. The van der Waals surface area contributed by atoms with Gasteiger partial charge in [0, 0.05) is 12.0 Å². The first-order valence-electron chi connectivity index (χ1n) is 6.13. The van der Waals surface area contributed by atoms with Gasteiger partial charge in [-0.1, -0.05) is 24.3 Å². The Bertz CT molecular complexity index is 378. The second kappa shape index (κ2) is 5.84. The first-order valence-corrected chi connectivity index (χ1v) is 6.13. The molecule has 0 saturated carbocycles. The van der Waals surface area contributed by atoms with E-state index >= 15 is 0 Å². The summed E-state index contributed by atoms with van der Waals surface area (Å²) in [5.41, 5.74) is 4.19. The molecule has 0 saturated heterocycles. The van der Waals surface area contributed by atoms with Crippen LogP contribution in [0.1, 0.15) is 18.4 Å². The van der Waals surface area contributed by atoms with Crippen molar-refractivity contribution in [2.24, 2.45) is 11.8 Å². The standard InChI is InChI=1S/C14H20N2O/c1-2-3-7-13(16-15)12-9-11-6-4-5-8-14(11)17-10-12/h2,4-6,8,12-13,16H,1,3,7,9-10,15H2. The molecule has 1 aromatic rings. The predicted octanol–water partition coefficient (Wildman–Crippen LogP) is 2.04. The van der Waals surface area contributed by atoms with Gasteiger partial charge in [-0.25, -0.2) is 0 Å². The topological polar surface area (TPSA) is 47.3 Å². The van der Waals surface area contributed by atoms with Crippen LogP contribution in [0.3, 0.4) is 0 Å². The van der Waals surface area contributed by atoms with Gasteiger partial charge in [-0.15, -0.1) is 6.58 Å². The molecule has 0 spiro atoms. The molecule has 1 heterocycles. The van der Waals surface area contributed by atoms with Gasteiger partial charge in [-0.3, -0.25) is 11.3 Å². The van der Waals surface area contributed by atoms with E-state index in [1.807, 2.05) is 18.2 Å². The summed E-state index contributed by atoms with van der Waals surface area (Å²) in [6.07, 6.45) is 4.95. The number of hydrogen-bond donors (Lipinski definition) is 2. The molecule has 0 aromatic heterocycles. The lowest BCUT2D eigenvalue weighted by Crippen LogP contribution is -2.45. The van der Waals surface area contributed by atoms with Crippen LogP contribution in [0, 0.1) is 5.92 Å². The molecule has 0 amide bonds. The largest absolute Gasteiger partial charge is 0.493 e. The van der Waals surface area contributed by atoms with Crippen LogP contribution in [-0.4, -0.2) is 12.6 Å². The number of nitrogens with one attached hydrogen (secondary N) is 1. The Hall–Kier alpha value is -1.32. The van der Waals surface area contributed by atoms with Gasteiger partial charge in [0.1, 0.15) is 5.75 Å². The highest BCUT2D eigenvalue weighted by molar-refractivity contribution is 5.35. The fourth-order valence-corrected chi connectivity index (χ4v) is 2.36. The van der Waals surface area contributed by atoms with Crippen molar-refractivity contribution in [1.29, 1.82) is 0 Å². The second-order valence-corrected chi connectivity index (χ2v) is 4.52. The summed E-state index contributed by atoms with van der Waals surface area (Å²) in [5, 5.41) is 0. The summed E-state index contributed by atoms with van der Waals surface area (Å²) in [4.78, 5) is 0. The number of ether oxygens (including phenoxy) is 1. The maximum atomic E-state index is 5.78. The van der Waals surface area contributed by atoms with Gasteiger partial charge in [0.2, 0.25) is 0 Å². The third kappa shape index (κ3) is 2.87. The van der Waals surface area contributed by atoms with Crippen molar-refractivity contribution in [2.75, 3.05) is 6.61 Å². The van der Waals surface area contributed by atoms with Crippen molar-refractivity contribution in [3.63, 3.8) is 0 Å². The van der Waals surface area contributed by atoms with Crippen LogP contribution in [0.5, 0.6) is 5.75 Å². The van der Waals surface area contributed by atoms with E-state index in [1.54, 1.807) is 0 Å². The lowest BCUT2D eigenvalue weighted by atomic mass is 9.88. The van der Waals surface area contributed by atoms with Crippen LogP contribution in [-0.2, 0) is 6.42 Å². The van der Waals surface area contributed by atoms with Crippen molar-refractivity contribution >= 4 is 0 Å². The van der Waals surface area contributed by atoms with E-state index in [0.717, 1.165) is 31.6 Å². The molecule has 0 bridgehead atoms. The van der Waals surface area contributed by atoms with E-state index in [4.69, 9.17) is 10.6 Å². The minimum Gasteiger partial charge on any atom is -0.493 e. The van der Waals surface area contributed by atoms with Crippen LogP contribution < -0.4 is 16.0 Å². The molecule has 0 fully saturated rings. The molecule has 3 heteroatoms.